The first kappa shape index (κ1) is 23.2. The summed E-state index contributed by atoms with van der Waals surface area (Å²) in [5.74, 6) is -0.749. The summed E-state index contributed by atoms with van der Waals surface area (Å²) >= 11 is 6.12. The lowest BCUT2D eigenvalue weighted by atomic mass is 10.0. The van der Waals surface area contributed by atoms with Crippen molar-refractivity contribution >= 4 is 33.9 Å². The van der Waals surface area contributed by atoms with Crippen LogP contribution in [0.1, 0.15) is 32.3 Å². The van der Waals surface area contributed by atoms with Crippen molar-refractivity contribution < 1.29 is 27.5 Å². The highest BCUT2D eigenvalue weighted by atomic mass is 35.5. The fourth-order valence-electron chi connectivity index (χ4n) is 2.16. The number of amides is 1. The molecule has 0 aromatic heterocycles. The van der Waals surface area contributed by atoms with Crippen LogP contribution < -0.4 is 4.72 Å². The number of rotatable bonds is 9. The number of likely N-dealkylation sites (N-methyl/N-ethyl adjacent to an activating group) is 1. The SMILES string of the molecule is COC(=O)C(CCC(C)(C)Cl)N(C)S(=O)(=O)NC(=O)OCc1ccccc1. The number of carbonyl (C=O) groups is 2. The first-order valence-electron chi connectivity index (χ1n) is 8.19. The van der Waals surface area contributed by atoms with Crippen LogP contribution in [-0.4, -0.2) is 49.9 Å². The highest BCUT2D eigenvalue weighted by molar-refractivity contribution is 7.87. The lowest BCUT2D eigenvalue weighted by molar-refractivity contribution is -0.145. The van der Waals surface area contributed by atoms with Gasteiger partial charge in [-0.15, -0.1) is 11.6 Å². The molecule has 27 heavy (non-hydrogen) atoms. The monoisotopic (exact) mass is 420 g/mol. The molecule has 8 nitrogen and oxygen atoms in total. The summed E-state index contributed by atoms with van der Waals surface area (Å²) in [6.07, 6.45) is -0.668. The van der Waals surface area contributed by atoms with Crippen molar-refractivity contribution in [2.75, 3.05) is 14.2 Å². The Bertz CT molecular complexity index is 734. The number of hydrogen-bond acceptors (Lipinski definition) is 6. The summed E-state index contributed by atoms with van der Waals surface area (Å²) < 4.78 is 36.9. The van der Waals surface area contributed by atoms with Gasteiger partial charge in [-0.2, -0.15) is 12.7 Å². The molecule has 152 valence electrons. The predicted octanol–water partition coefficient (Wildman–Crippen LogP) is 2.43. The zero-order valence-electron chi connectivity index (χ0n) is 15.8. The first-order valence-corrected chi connectivity index (χ1v) is 10.0. The number of ether oxygens (including phenoxy) is 2. The zero-order valence-corrected chi connectivity index (χ0v) is 17.3. The van der Waals surface area contributed by atoms with Crippen LogP contribution in [0.25, 0.3) is 0 Å². The Morgan fingerprint density at radius 2 is 1.85 bits per heavy atom. The Labute approximate surface area is 165 Å². The molecular formula is C17H25ClN2O6S. The van der Waals surface area contributed by atoms with Gasteiger partial charge in [0.2, 0.25) is 0 Å². The Morgan fingerprint density at radius 1 is 1.26 bits per heavy atom. The third kappa shape index (κ3) is 8.15. The topological polar surface area (TPSA) is 102 Å². The quantitative estimate of drug-likeness (QED) is 0.486. The highest BCUT2D eigenvalue weighted by Gasteiger charge is 2.35. The number of alkyl halides is 1. The average molecular weight is 421 g/mol. The number of halogens is 1. The molecule has 10 heteroatoms. The van der Waals surface area contributed by atoms with Gasteiger partial charge >= 0.3 is 22.3 Å². The van der Waals surface area contributed by atoms with Crippen LogP contribution >= 0.6 is 11.6 Å². The first-order chi connectivity index (χ1) is 12.5. The minimum atomic E-state index is -4.32. The Hall–Kier alpha value is -1.84. The maximum Gasteiger partial charge on any atom is 0.422 e. The van der Waals surface area contributed by atoms with Crippen LogP contribution in [-0.2, 0) is 31.1 Å². The van der Waals surface area contributed by atoms with E-state index < -0.39 is 33.2 Å². The number of carbonyl (C=O) groups excluding carboxylic acids is 2. The molecule has 1 aromatic carbocycles. The van der Waals surface area contributed by atoms with Crippen molar-refractivity contribution in [3.05, 3.63) is 35.9 Å². The van der Waals surface area contributed by atoms with Gasteiger partial charge in [0.15, 0.2) is 0 Å². The number of hydrogen-bond donors (Lipinski definition) is 1. The van der Waals surface area contributed by atoms with Crippen molar-refractivity contribution in [2.24, 2.45) is 0 Å². The van der Waals surface area contributed by atoms with E-state index in [0.717, 1.165) is 11.4 Å². The van der Waals surface area contributed by atoms with E-state index in [-0.39, 0.29) is 13.0 Å². The van der Waals surface area contributed by atoms with Gasteiger partial charge in [-0.25, -0.2) is 9.52 Å². The second-order valence-corrected chi connectivity index (χ2v) is 9.23. The van der Waals surface area contributed by atoms with Gasteiger partial charge in [0.25, 0.3) is 0 Å². The lowest BCUT2D eigenvalue weighted by Crippen LogP contribution is -2.50. The van der Waals surface area contributed by atoms with Gasteiger partial charge in [-0.3, -0.25) is 4.79 Å². The third-order valence-electron chi connectivity index (χ3n) is 3.73. The molecular weight excluding hydrogens is 396 g/mol. The van der Waals surface area contributed by atoms with E-state index in [0.29, 0.717) is 12.0 Å². The fourth-order valence-corrected chi connectivity index (χ4v) is 3.21. The summed E-state index contributed by atoms with van der Waals surface area (Å²) in [6, 6.07) is 7.66. The Balaban J connectivity index is 2.76. The normalized spacial score (nSPS) is 13.1. The largest absolute Gasteiger partial charge is 0.468 e. The Kier molecular flexibility index (Phi) is 8.52. The predicted molar refractivity (Wildman–Crippen MR) is 101 cm³/mol. The van der Waals surface area contributed by atoms with Gasteiger partial charge < -0.3 is 9.47 Å². The van der Waals surface area contributed by atoms with E-state index in [1.807, 2.05) is 0 Å². The molecule has 0 fully saturated rings. The second kappa shape index (κ2) is 9.91. The van der Waals surface area contributed by atoms with Gasteiger partial charge in [-0.1, -0.05) is 30.3 Å². The number of esters is 1. The van der Waals surface area contributed by atoms with Crippen molar-refractivity contribution in [2.45, 2.75) is 44.2 Å². The highest BCUT2D eigenvalue weighted by Crippen LogP contribution is 2.23. The summed E-state index contributed by atoms with van der Waals surface area (Å²) in [4.78, 5) is 23.2. The van der Waals surface area contributed by atoms with E-state index in [9.17, 15) is 18.0 Å². The minimum Gasteiger partial charge on any atom is -0.468 e. The van der Waals surface area contributed by atoms with Crippen LogP contribution in [0, 0.1) is 0 Å². The van der Waals surface area contributed by atoms with E-state index in [4.69, 9.17) is 16.3 Å². The van der Waals surface area contributed by atoms with Gasteiger partial charge in [-0.05, 0) is 32.3 Å². The summed E-state index contributed by atoms with van der Waals surface area (Å²) in [5, 5.41) is 0. The zero-order chi connectivity index (χ0) is 20.7. The van der Waals surface area contributed by atoms with E-state index >= 15 is 0 Å². The molecule has 0 spiro atoms. The van der Waals surface area contributed by atoms with Crippen molar-refractivity contribution in [1.29, 1.82) is 0 Å². The molecule has 0 aliphatic heterocycles. The summed E-state index contributed by atoms with van der Waals surface area (Å²) in [6.45, 7) is 3.40. The smallest absolute Gasteiger partial charge is 0.422 e. The van der Waals surface area contributed by atoms with Gasteiger partial charge in [0, 0.05) is 11.9 Å². The molecule has 1 atom stereocenters. The number of nitrogens with zero attached hydrogens (tertiary/aromatic N) is 1. The molecule has 0 aliphatic carbocycles. The summed E-state index contributed by atoms with van der Waals surface area (Å²) in [5.41, 5.74) is 0.704. The second-order valence-electron chi connectivity index (χ2n) is 6.48. The van der Waals surface area contributed by atoms with Crippen molar-refractivity contribution in [1.82, 2.24) is 9.03 Å². The fraction of sp³-hybridized carbons (Fsp3) is 0.529. The van der Waals surface area contributed by atoms with Crippen LogP contribution in [0.4, 0.5) is 4.79 Å². The minimum absolute atomic E-state index is 0.0905. The molecule has 1 N–H and O–H groups in total. The maximum atomic E-state index is 12.4. The number of nitrogens with one attached hydrogen (secondary N) is 1. The standard InChI is InChI=1S/C17H25ClN2O6S/c1-17(2,18)11-10-14(15(21)25-4)20(3)27(23,24)19-16(22)26-12-13-8-6-5-7-9-13/h5-9,14H,10-12H2,1-4H3,(H,19,22). The van der Waals surface area contributed by atoms with Crippen molar-refractivity contribution in [3.8, 4) is 0 Å². The molecule has 0 bridgehead atoms. The van der Waals surface area contributed by atoms with E-state index in [1.54, 1.807) is 48.9 Å². The summed E-state index contributed by atoms with van der Waals surface area (Å²) in [7, 11) is -1.99. The van der Waals surface area contributed by atoms with Crippen LogP contribution in [0.5, 0.6) is 0 Å². The molecule has 1 unspecified atom stereocenters. The van der Waals surface area contributed by atoms with Crippen LogP contribution in [0.2, 0.25) is 0 Å². The number of methoxy groups -OCH3 is 1. The van der Waals surface area contributed by atoms with Gasteiger partial charge in [0.05, 0.1) is 7.11 Å². The molecule has 0 saturated heterocycles. The average Bonchev–Trinajstić information content (AvgIpc) is 2.59. The van der Waals surface area contributed by atoms with Gasteiger partial charge in [0.1, 0.15) is 12.6 Å². The molecule has 1 aromatic rings. The van der Waals surface area contributed by atoms with E-state index in [1.165, 1.54) is 7.05 Å². The van der Waals surface area contributed by atoms with Crippen LogP contribution in [0.3, 0.4) is 0 Å². The molecule has 1 rings (SSSR count). The molecule has 0 radical (unpaired) electrons. The van der Waals surface area contributed by atoms with E-state index in [2.05, 4.69) is 4.74 Å². The number of benzene rings is 1. The molecule has 0 saturated carbocycles. The molecule has 1 amide bonds. The Morgan fingerprint density at radius 3 is 2.37 bits per heavy atom. The third-order valence-corrected chi connectivity index (χ3v) is 5.35. The molecule has 0 aliphatic rings. The van der Waals surface area contributed by atoms with Crippen LogP contribution in [0.15, 0.2) is 30.3 Å². The van der Waals surface area contributed by atoms with Crippen molar-refractivity contribution in [3.63, 3.8) is 0 Å². The maximum absolute atomic E-state index is 12.4. The lowest BCUT2D eigenvalue weighted by Gasteiger charge is -2.27. The molecule has 0 heterocycles.